The van der Waals surface area contributed by atoms with Crippen molar-refractivity contribution in [3.63, 3.8) is 0 Å². The second-order valence-corrected chi connectivity index (χ2v) is 8.05. The van der Waals surface area contributed by atoms with Crippen LogP contribution in [0.3, 0.4) is 0 Å². The molecule has 4 heteroatoms. The van der Waals surface area contributed by atoms with Crippen molar-refractivity contribution in [1.82, 2.24) is 15.0 Å². The third kappa shape index (κ3) is 3.11. The van der Waals surface area contributed by atoms with E-state index in [1.54, 1.807) is 0 Å². The normalized spacial score (nSPS) is 11.4. The Hall–Kier alpha value is -3.72. The number of hydrogen-bond acceptors (Lipinski definition) is 3. The van der Waals surface area contributed by atoms with E-state index in [1.807, 2.05) is 30.5 Å². The molecule has 0 aliphatic heterocycles. The zero-order valence-electron chi connectivity index (χ0n) is 17.4. The van der Waals surface area contributed by atoms with E-state index in [4.69, 9.17) is 9.97 Å². The zero-order chi connectivity index (χ0) is 21.1. The number of hydrogen-bond donors (Lipinski definition) is 0. The third-order valence-corrected chi connectivity index (χ3v) is 6.16. The van der Waals surface area contributed by atoms with E-state index in [1.165, 1.54) is 16.7 Å². The van der Waals surface area contributed by atoms with Crippen LogP contribution in [0.1, 0.15) is 0 Å². The number of fused-ring (bicyclic) bond motifs is 4. The molecule has 0 bridgehead atoms. The Kier molecular flexibility index (Phi) is 4.65. The maximum absolute atomic E-state index is 5.02. The molecular weight excluding hydrogens is 583 g/mol. The predicted octanol–water partition coefficient (Wildman–Crippen LogP) is 6.96. The summed E-state index contributed by atoms with van der Waals surface area (Å²) < 4.78 is 0. The Morgan fingerprint density at radius 1 is 0.667 bits per heavy atom. The van der Waals surface area contributed by atoms with E-state index in [9.17, 15) is 0 Å². The molecule has 0 atom stereocenters. The molecule has 0 saturated carbocycles. The Balaban J connectivity index is 0.00000206. The van der Waals surface area contributed by atoms with Crippen LogP contribution < -0.4 is 0 Å². The second-order valence-electron chi connectivity index (χ2n) is 8.05. The summed E-state index contributed by atoms with van der Waals surface area (Å²) in [4.78, 5) is 14.6. The standard InChI is InChI=1S/C29H16N3.Ir/c1-2-8-21-17-30-26(16-18(21)7-1)19-9-5-10-20(15-19)29-31-25-14-6-13-23-22-11-3-4-12-24(22)28(32-29)27(23)25;/h1-8,10-17H;/q-1;. The molecule has 0 saturated heterocycles. The van der Waals surface area contributed by atoms with Gasteiger partial charge in [-0.25, -0.2) is 9.97 Å². The van der Waals surface area contributed by atoms with Gasteiger partial charge >= 0.3 is 0 Å². The second kappa shape index (κ2) is 7.70. The summed E-state index contributed by atoms with van der Waals surface area (Å²) in [7, 11) is 0. The van der Waals surface area contributed by atoms with Crippen LogP contribution in [0.4, 0.5) is 0 Å². The first-order chi connectivity index (χ1) is 15.8. The Morgan fingerprint density at radius 2 is 1.45 bits per heavy atom. The van der Waals surface area contributed by atoms with Gasteiger partial charge in [0.1, 0.15) is 5.82 Å². The molecule has 0 N–H and O–H groups in total. The van der Waals surface area contributed by atoms with Crippen LogP contribution in [-0.2, 0) is 20.1 Å². The molecule has 0 spiro atoms. The number of pyridine rings is 1. The molecule has 4 aromatic carbocycles. The van der Waals surface area contributed by atoms with Crippen molar-refractivity contribution in [3.05, 3.63) is 103 Å². The molecule has 157 valence electrons. The molecule has 0 amide bonds. The van der Waals surface area contributed by atoms with E-state index >= 15 is 0 Å². The fourth-order valence-electron chi connectivity index (χ4n) is 4.64. The molecule has 2 aromatic heterocycles. The molecular formula is C29H16IrN3-. The fraction of sp³-hybridized carbons (Fsp3) is 0. The molecule has 33 heavy (non-hydrogen) atoms. The van der Waals surface area contributed by atoms with E-state index in [0.29, 0.717) is 0 Å². The average molecular weight is 599 g/mol. The summed E-state index contributed by atoms with van der Waals surface area (Å²) in [5, 5.41) is 3.43. The van der Waals surface area contributed by atoms with Gasteiger partial charge in [0.15, 0.2) is 0 Å². The van der Waals surface area contributed by atoms with Crippen molar-refractivity contribution in [3.8, 4) is 45.0 Å². The van der Waals surface area contributed by atoms with E-state index < -0.39 is 0 Å². The number of rotatable bonds is 2. The minimum atomic E-state index is 0. The summed E-state index contributed by atoms with van der Waals surface area (Å²) in [6, 6.07) is 34.5. The summed E-state index contributed by atoms with van der Waals surface area (Å²) in [5.74, 6) is 0.720. The first kappa shape index (κ1) is 19.9. The van der Waals surface area contributed by atoms with Gasteiger partial charge in [0.05, 0.1) is 11.2 Å². The molecule has 7 rings (SSSR count). The molecule has 1 radical (unpaired) electrons. The van der Waals surface area contributed by atoms with Crippen molar-refractivity contribution in [2.45, 2.75) is 0 Å². The van der Waals surface area contributed by atoms with E-state index in [-0.39, 0.29) is 20.1 Å². The van der Waals surface area contributed by atoms with Gasteiger partial charge in [-0.05, 0) is 33.7 Å². The van der Waals surface area contributed by atoms with Crippen molar-refractivity contribution in [2.24, 2.45) is 0 Å². The minimum Gasteiger partial charge on any atom is -0.304 e. The van der Waals surface area contributed by atoms with Gasteiger partial charge in [-0.3, -0.25) is 0 Å². The first-order valence-electron chi connectivity index (χ1n) is 10.6. The fourth-order valence-corrected chi connectivity index (χ4v) is 4.64. The van der Waals surface area contributed by atoms with Crippen LogP contribution in [0.15, 0.2) is 97.2 Å². The molecule has 2 heterocycles. The van der Waals surface area contributed by atoms with E-state index in [0.717, 1.165) is 50.0 Å². The van der Waals surface area contributed by atoms with Crippen LogP contribution in [0, 0.1) is 6.07 Å². The van der Waals surface area contributed by atoms with Crippen molar-refractivity contribution in [2.75, 3.05) is 0 Å². The van der Waals surface area contributed by atoms with Crippen LogP contribution in [0.5, 0.6) is 0 Å². The van der Waals surface area contributed by atoms with Gasteiger partial charge in [0.2, 0.25) is 0 Å². The van der Waals surface area contributed by atoms with Gasteiger partial charge in [0, 0.05) is 37.3 Å². The van der Waals surface area contributed by atoms with Crippen molar-refractivity contribution >= 4 is 21.7 Å². The van der Waals surface area contributed by atoms with Gasteiger partial charge in [-0.1, -0.05) is 72.3 Å². The monoisotopic (exact) mass is 599 g/mol. The third-order valence-electron chi connectivity index (χ3n) is 6.16. The maximum Gasteiger partial charge on any atom is 0.142 e. The summed E-state index contributed by atoms with van der Waals surface area (Å²) in [6.45, 7) is 0. The minimum absolute atomic E-state index is 0. The van der Waals surface area contributed by atoms with Crippen molar-refractivity contribution in [1.29, 1.82) is 0 Å². The van der Waals surface area contributed by atoms with Crippen LogP contribution in [0.25, 0.3) is 66.7 Å². The smallest absolute Gasteiger partial charge is 0.142 e. The average Bonchev–Trinajstić information content (AvgIpc) is 3.19. The predicted molar refractivity (Wildman–Crippen MR) is 129 cm³/mol. The number of nitrogens with zero attached hydrogens (tertiary/aromatic N) is 3. The Bertz CT molecular complexity index is 1690. The van der Waals surface area contributed by atoms with Crippen LogP contribution >= 0.6 is 0 Å². The topological polar surface area (TPSA) is 38.7 Å². The molecule has 3 nitrogen and oxygen atoms in total. The number of aromatic nitrogens is 3. The largest absolute Gasteiger partial charge is 0.304 e. The maximum atomic E-state index is 5.02. The van der Waals surface area contributed by atoms with Gasteiger partial charge in [-0.15, -0.1) is 29.8 Å². The molecule has 0 unspecified atom stereocenters. The Morgan fingerprint density at radius 3 is 2.36 bits per heavy atom. The SMILES string of the molecule is [Ir].[c-]1ccc(-c2nc3c4c(cccc4n2)-c2ccccc2-3)cc1-c1cc2ccccc2cn1. The zero-order valence-corrected chi connectivity index (χ0v) is 19.8. The molecule has 1 aliphatic carbocycles. The summed E-state index contributed by atoms with van der Waals surface area (Å²) in [5.41, 5.74) is 8.37. The van der Waals surface area contributed by atoms with E-state index in [2.05, 4.69) is 77.8 Å². The van der Waals surface area contributed by atoms with Crippen LogP contribution in [-0.4, -0.2) is 15.0 Å². The van der Waals surface area contributed by atoms with Crippen LogP contribution in [0.2, 0.25) is 0 Å². The molecule has 6 aromatic rings. The quantitative estimate of drug-likeness (QED) is 0.202. The van der Waals surface area contributed by atoms with Gasteiger partial charge in [0.25, 0.3) is 0 Å². The molecule has 1 aliphatic rings. The summed E-state index contributed by atoms with van der Waals surface area (Å²) >= 11 is 0. The van der Waals surface area contributed by atoms with Crippen molar-refractivity contribution < 1.29 is 20.1 Å². The van der Waals surface area contributed by atoms with Gasteiger partial charge in [-0.2, -0.15) is 0 Å². The number of benzene rings is 4. The van der Waals surface area contributed by atoms with Gasteiger partial charge < -0.3 is 4.98 Å². The Labute approximate surface area is 204 Å². The summed E-state index contributed by atoms with van der Waals surface area (Å²) in [6.07, 6.45) is 1.91. The first-order valence-corrected chi connectivity index (χ1v) is 10.6. The molecule has 0 fully saturated rings.